The first-order chi connectivity index (χ1) is 11.6. The third-order valence-corrected chi connectivity index (χ3v) is 4.41. The largest absolute Gasteiger partial charge is 0.307 e. The van der Waals surface area contributed by atoms with Crippen LogP contribution in [0, 0.1) is 0 Å². The van der Waals surface area contributed by atoms with E-state index in [2.05, 4.69) is 58.8 Å². The van der Waals surface area contributed by atoms with Crippen molar-refractivity contribution in [2.24, 2.45) is 0 Å². The predicted octanol–water partition coefficient (Wildman–Crippen LogP) is 2.59. The van der Waals surface area contributed by atoms with Crippen LogP contribution in [0.15, 0.2) is 49.1 Å². The number of aromatic nitrogens is 6. The van der Waals surface area contributed by atoms with Crippen molar-refractivity contribution in [2.75, 3.05) is 0 Å². The van der Waals surface area contributed by atoms with E-state index in [9.17, 15) is 0 Å². The second-order valence-electron chi connectivity index (χ2n) is 6.54. The van der Waals surface area contributed by atoms with Gasteiger partial charge in [-0.2, -0.15) is 5.10 Å². The molecule has 122 valence electrons. The van der Waals surface area contributed by atoms with Gasteiger partial charge in [0, 0.05) is 18.2 Å². The molecule has 4 aromatic rings. The fourth-order valence-corrected chi connectivity index (χ4v) is 3.04. The average molecular weight is 321 g/mol. The van der Waals surface area contributed by atoms with E-state index < -0.39 is 0 Å². The van der Waals surface area contributed by atoms with E-state index in [0.717, 1.165) is 29.2 Å². The third kappa shape index (κ3) is 2.44. The monoisotopic (exact) mass is 321 g/mol. The Kier molecular flexibility index (Phi) is 3.52. The van der Waals surface area contributed by atoms with Crippen molar-refractivity contribution in [3.8, 4) is 0 Å². The van der Waals surface area contributed by atoms with Gasteiger partial charge in [0.05, 0.1) is 24.1 Å². The molecule has 0 aliphatic carbocycles. The highest BCUT2D eigenvalue weighted by molar-refractivity contribution is 5.38. The van der Waals surface area contributed by atoms with Crippen molar-refractivity contribution < 1.29 is 4.57 Å². The maximum atomic E-state index is 4.68. The van der Waals surface area contributed by atoms with Crippen LogP contribution in [0.3, 0.4) is 0 Å². The SMILES string of the molecule is CC(C)c1ccc2n(cc[n+]2CC(C)c2cnc3cccnn23)n1. The summed E-state index contributed by atoms with van der Waals surface area (Å²) < 4.78 is 6.09. The average Bonchev–Trinajstić information content (AvgIpc) is 3.18. The number of imidazole rings is 2. The summed E-state index contributed by atoms with van der Waals surface area (Å²) in [5, 5.41) is 9.09. The minimum Gasteiger partial charge on any atom is -0.235 e. The topological polar surface area (TPSA) is 51.4 Å². The van der Waals surface area contributed by atoms with E-state index in [1.807, 2.05) is 33.6 Å². The lowest BCUT2D eigenvalue weighted by atomic mass is 10.1. The van der Waals surface area contributed by atoms with Crippen molar-refractivity contribution in [2.45, 2.75) is 39.2 Å². The van der Waals surface area contributed by atoms with Gasteiger partial charge in [-0.3, -0.25) is 0 Å². The second kappa shape index (κ2) is 5.70. The quantitative estimate of drug-likeness (QED) is 0.543. The number of rotatable bonds is 4. The lowest BCUT2D eigenvalue weighted by molar-refractivity contribution is -0.673. The normalized spacial score (nSPS) is 13.2. The van der Waals surface area contributed by atoms with Crippen LogP contribution in [-0.4, -0.2) is 24.2 Å². The van der Waals surface area contributed by atoms with Gasteiger partial charge >= 0.3 is 5.65 Å². The summed E-state index contributed by atoms with van der Waals surface area (Å²) in [7, 11) is 0. The first-order valence-corrected chi connectivity index (χ1v) is 8.30. The molecule has 0 N–H and O–H groups in total. The Bertz CT molecular complexity index is 997. The molecule has 0 amide bonds. The number of hydrogen-bond donors (Lipinski definition) is 0. The Morgan fingerprint density at radius 1 is 1.17 bits per heavy atom. The molecular formula is C18H21N6+. The van der Waals surface area contributed by atoms with E-state index in [4.69, 9.17) is 0 Å². The van der Waals surface area contributed by atoms with Crippen LogP contribution in [-0.2, 0) is 6.54 Å². The van der Waals surface area contributed by atoms with Crippen LogP contribution in [0.4, 0.5) is 0 Å². The molecule has 6 nitrogen and oxygen atoms in total. The van der Waals surface area contributed by atoms with Crippen molar-refractivity contribution in [3.05, 3.63) is 60.4 Å². The van der Waals surface area contributed by atoms with Gasteiger partial charge in [-0.1, -0.05) is 25.9 Å². The predicted molar refractivity (Wildman–Crippen MR) is 90.9 cm³/mol. The van der Waals surface area contributed by atoms with Gasteiger partial charge < -0.3 is 0 Å². The molecular weight excluding hydrogens is 300 g/mol. The lowest BCUT2D eigenvalue weighted by Gasteiger charge is -2.08. The molecule has 0 bridgehead atoms. The Morgan fingerprint density at radius 2 is 2.04 bits per heavy atom. The van der Waals surface area contributed by atoms with Gasteiger partial charge in [-0.15, -0.1) is 4.52 Å². The van der Waals surface area contributed by atoms with Crippen LogP contribution in [0.1, 0.15) is 44.0 Å². The molecule has 0 saturated carbocycles. The van der Waals surface area contributed by atoms with Gasteiger partial charge in [0.2, 0.25) is 0 Å². The van der Waals surface area contributed by atoms with E-state index >= 15 is 0 Å². The summed E-state index contributed by atoms with van der Waals surface area (Å²) in [6.07, 6.45) is 7.81. The summed E-state index contributed by atoms with van der Waals surface area (Å²) >= 11 is 0. The molecule has 0 aliphatic rings. The van der Waals surface area contributed by atoms with E-state index in [1.54, 1.807) is 6.20 Å². The summed E-state index contributed by atoms with van der Waals surface area (Å²) in [6, 6.07) is 8.13. The zero-order valence-electron chi connectivity index (χ0n) is 14.2. The highest BCUT2D eigenvalue weighted by Crippen LogP contribution is 2.17. The molecule has 4 aromatic heterocycles. The van der Waals surface area contributed by atoms with E-state index in [1.165, 1.54) is 0 Å². The first-order valence-electron chi connectivity index (χ1n) is 8.30. The molecule has 0 fully saturated rings. The molecule has 1 unspecified atom stereocenters. The van der Waals surface area contributed by atoms with Crippen LogP contribution in [0.2, 0.25) is 0 Å². The first kappa shape index (κ1) is 14.8. The molecule has 6 heteroatoms. The highest BCUT2D eigenvalue weighted by Gasteiger charge is 2.19. The molecule has 0 spiro atoms. The van der Waals surface area contributed by atoms with Crippen molar-refractivity contribution in [1.82, 2.24) is 24.2 Å². The standard InChI is InChI=1S/C18H21N6/c1-13(2)15-6-7-18-22(9-10-23(18)21-15)12-14(3)16-11-19-17-5-4-8-20-24(16)17/h4-11,13-14H,12H2,1-3H3/q+1. The molecule has 0 saturated heterocycles. The van der Waals surface area contributed by atoms with Crippen molar-refractivity contribution in [3.63, 3.8) is 0 Å². The fourth-order valence-electron chi connectivity index (χ4n) is 3.04. The minimum absolute atomic E-state index is 0.288. The second-order valence-corrected chi connectivity index (χ2v) is 6.54. The summed E-state index contributed by atoms with van der Waals surface area (Å²) in [6.45, 7) is 7.37. The van der Waals surface area contributed by atoms with Gasteiger partial charge in [-0.05, 0) is 24.1 Å². The van der Waals surface area contributed by atoms with Crippen LogP contribution < -0.4 is 4.57 Å². The minimum atomic E-state index is 0.288. The Labute approximate surface area is 140 Å². The Balaban J connectivity index is 1.66. The number of hydrogen-bond acceptors (Lipinski definition) is 3. The van der Waals surface area contributed by atoms with E-state index in [0.29, 0.717) is 5.92 Å². The smallest absolute Gasteiger partial charge is 0.235 e. The summed E-state index contributed by atoms with van der Waals surface area (Å²) in [5.74, 6) is 0.712. The lowest BCUT2D eigenvalue weighted by Crippen LogP contribution is -2.35. The van der Waals surface area contributed by atoms with Gasteiger partial charge in [0.15, 0.2) is 11.8 Å². The molecule has 1 atom stereocenters. The molecule has 24 heavy (non-hydrogen) atoms. The fraction of sp³-hybridized carbons (Fsp3) is 0.333. The summed E-state index contributed by atoms with van der Waals surface area (Å²) in [4.78, 5) is 4.44. The molecule has 0 aromatic carbocycles. The number of fused-ring (bicyclic) bond motifs is 2. The van der Waals surface area contributed by atoms with Crippen LogP contribution in [0.25, 0.3) is 11.3 Å². The molecule has 0 aliphatic heterocycles. The van der Waals surface area contributed by atoms with Gasteiger partial charge in [0.1, 0.15) is 6.20 Å². The van der Waals surface area contributed by atoms with Crippen LogP contribution >= 0.6 is 0 Å². The summed E-state index contributed by atoms with van der Waals surface area (Å²) in [5.41, 5.74) is 4.19. The molecule has 0 radical (unpaired) electrons. The number of nitrogens with zero attached hydrogens (tertiary/aromatic N) is 6. The zero-order valence-corrected chi connectivity index (χ0v) is 14.2. The van der Waals surface area contributed by atoms with Gasteiger partial charge in [0.25, 0.3) is 0 Å². The van der Waals surface area contributed by atoms with E-state index in [-0.39, 0.29) is 5.92 Å². The van der Waals surface area contributed by atoms with Crippen molar-refractivity contribution >= 4 is 11.3 Å². The van der Waals surface area contributed by atoms with Crippen LogP contribution in [0.5, 0.6) is 0 Å². The third-order valence-electron chi connectivity index (χ3n) is 4.41. The molecule has 4 heterocycles. The van der Waals surface area contributed by atoms with Gasteiger partial charge in [-0.25, -0.2) is 14.1 Å². The maximum absolute atomic E-state index is 4.68. The zero-order chi connectivity index (χ0) is 16.7. The Morgan fingerprint density at radius 3 is 2.88 bits per heavy atom. The maximum Gasteiger partial charge on any atom is 0.307 e. The van der Waals surface area contributed by atoms with Crippen molar-refractivity contribution in [1.29, 1.82) is 0 Å². The molecule has 4 rings (SSSR count). The highest BCUT2D eigenvalue weighted by atomic mass is 15.3. The Hall–Kier alpha value is -2.76.